The van der Waals surface area contributed by atoms with E-state index in [2.05, 4.69) is 15.2 Å². The molecular formula is C26H32N4O3. The number of carbonyl (C=O) groups is 1. The Balaban J connectivity index is 1.21. The van der Waals surface area contributed by atoms with Gasteiger partial charge in [-0.05, 0) is 43.2 Å². The number of ether oxygens (including phenoxy) is 2. The summed E-state index contributed by atoms with van der Waals surface area (Å²) in [6.07, 6.45) is 9.92. The van der Waals surface area contributed by atoms with Crippen molar-refractivity contribution in [1.29, 1.82) is 0 Å². The minimum Gasteiger partial charge on any atom is -0.487 e. The van der Waals surface area contributed by atoms with Crippen LogP contribution in [0.2, 0.25) is 0 Å². The number of morpholine rings is 1. The zero-order chi connectivity index (χ0) is 22.5. The Morgan fingerprint density at radius 1 is 1.09 bits per heavy atom. The first-order chi connectivity index (χ1) is 16.2. The van der Waals surface area contributed by atoms with Crippen LogP contribution in [0.4, 0.5) is 0 Å². The van der Waals surface area contributed by atoms with Crippen LogP contribution in [-0.4, -0.2) is 58.6 Å². The van der Waals surface area contributed by atoms with Gasteiger partial charge < -0.3 is 19.2 Å². The number of pyridine rings is 1. The highest BCUT2D eigenvalue weighted by Crippen LogP contribution is 2.34. The average molecular weight is 449 g/mol. The van der Waals surface area contributed by atoms with Crippen LogP contribution in [0.5, 0.6) is 5.75 Å². The quantitative estimate of drug-likeness (QED) is 0.597. The molecule has 0 spiro atoms. The molecular weight excluding hydrogens is 416 g/mol. The molecule has 0 unspecified atom stereocenters. The number of imidazole rings is 1. The number of hydrogen-bond acceptors (Lipinski definition) is 5. The summed E-state index contributed by atoms with van der Waals surface area (Å²) in [5.74, 6) is 0.617. The van der Waals surface area contributed by atoms with Crippen LogP contribution in [0.25, 0.3) is 5.65 Å². The number of nitrogens with one attached hydrogen (secondary N) is 1. The number of nitrogens with zero attached hydrogens (tertiary/aromatic N) is 3. The lowest BCUT2D eigenvalue weighted by atomic mass is 9.79. The molecule has 2 aliphatic rings. The van der Waals surface area contributed by atoms with Crippen LogP contribution in [0, 0.1) is 0 Å². The Morgan fingerprint density at radius 2 is 1.94 bits per heavy atom. The second-order valence-corrected chi connectivity index (χ2v) is 9.08. The Morgan fingerprint density at radius 3 is 2.76 bits per heavy atom. The molecule has 0 atom stereocenters. The third-order valence-electron chi connectivity index (χ3n) is 6.94. The van der Waals surface area contributed by atoms with E-state index < -0.39 is 0 Å². The van der Waals surface area contributed by atoms with Crippen LogP contribution < -0.4 is 10.1 Å². The molecule has 7 nitrogen and oxygen atoms in total. The van der Waals surface area contributed by atoms with Crippen molar-refractivity contribution in [3.8, 4) is 5.75 Å². The number of rotatable bonds is 7. The molecule has 1 amide bonds. The number of fused-ring (bicyclic) bond motifs is 1. The van der Waals surface area contributed by atoms with Crippen molar-refractivity contribution < 1.29 is 14.3 Å². The fourth-order valence-electron chi connectivity index (χ4n) is 5.14. The van der Waals surface area contributed by atoms with Gasteiger partial charge in [0, 0.05) is 43.1 Å². The van der Waals surface area contributed by atoms with Gasteiger partial charge in [0.25, 0.3) is 5.91 Å². The lowest BCUT2D eigenvalue weighted by Crippen LogP contribution is -2.59. The summed E-state index contributed by atoms with van der Waals surface area (Å²) >= 11 is 0. The molecule has 2 aromatic heterocycles. The molecule has 1 saturated carbocycles. The van der Waals surface area contributed by atoms with E-state index >= 15 is 0 Å². The Hall–Kier alpha value is -2.90. The van der Waals surface area contributed by atoms with Crippen molar-refractivity contribution in [2.24, 2.45) is 0 Å². The number of carbonyl (C=O) groups excluding carboxylic acids is 1. The normalized spacial score (nSPS) is 18.8. The van der Waals surface area contributed by atoms with Crippen molar-refractivity contribution in [3.05, 3.63) is 66.1 Å². The monoisotopic (exact) mass is 448 g/mol. The van der Waals surface area contributed by atoms with Crippen LogP contribution in [0.1, 0.15) is 48.2 Å². The minimum absolute atomic E-state index is 0.0496. The summed E-state index contributed by atoms with van der Waals surface area (Å²) in [6, 6.07) is 13.3. The minimum atomic E-state index is -0.0496. The first-order valence-electron chi connectivity index (χ1n) is 12.0. The molecule has 1 saturated heterocycles. The SMILES string of the molecule is O=C(NCC1(N2CCOCC2)CCCCC1)c1cccc(OCc2cn3ccccc3n2)c1. The van der Waals surface area contributed by atoms with Crippen LogP contribution in [-0.2, 0) is 11.3 Å². The maximum Gasteiger partial charge on any atom is 0.251 e. The highest BCUT2D eigenvalue weighted by molar-refractivity contribution is 5.94. The highest BCUT2D eigenvalue weighted by Gasteiger charge is 2.38. The maximum absolute atomic E-state index is 13.0. The molecule has 174 valence electrons. The molecule has 2 fully saturated rings. The molecule has 33 heavy (non-hydrogen) atoms. The van der Waals surface area contributed by atoms with E-state index in [1.807, 2.05) is 59.3 Å². The van der Waals surface area contributed by atoms with Gasteiger partial charge in [0.05, 0.1) is 18.9 Å². The summed E-state index contributed by atoms with van der Waals surface area (Å²) in [5.41, 5.74) is 2.41. The van der Waals surface area contributed by atoms with E-state index in [0.717, 1.165) is 50.5 Å². The fourth-order valence-corrected chi connectivity index (χ4v) is 5.14. The van der Waals surface area contributed by atoms with Crippen molar-refractivity contribution in [3.63, 3.8) is 0 Å². The van der Waals surface area contributed by atoms with Gasteiger partial charge >= 0.3 is 0 Å². The van der Waals surface area contributed by atoms with Gasteiger partial charge in [0.1, 0.15) is 18.0 Å². The van der Waals surface area contributed by atoms with Gasteiger partial charge in [-0.15, -0.1) is 0 Å². The predicted octanol–water partition coefficient (Wildman–Crippen LogP) is 3.68. The third kappa shape index (κ3) is 5.04. The van der Waals surface area contributed by atoms with Gasteiger partial charge in [-0.1, -0.05) is 31.4 Å². The Kier molecular flexibility index (Phi) is 6.60. The molecule has 0 bridgehead atoms. The van der Waals surface area contributed by atoms with Gasteiger partial charge in [0.2, 0.25) is 0 Å². The van der Waals surface area contributed by atoms with E-state index in [0.29, 0.717) is 24.5 Å². The van der Waals surface area contributed by atoms with Crippen molar-refractivity contribution in [2.75, 3.05) is 32.8 Å². The van der Waals surface area contributed by atoms with E-state index in [1.54, 1.807) is 0 Å². The standard InChI is InChI=1S/C26H32N4O3/c31-25(27-20-26(10-3-1-4-11-26)30-13-15-32-16-14-30)21-7-6-8-23(17-21)33-19-22-18-29-12-5-2-9-24(29)28-22/h2,5-9,12,17-18H,1,3-4,10-11,13-16,19-20H2,(H,27,31). The lowest BCUT2D eigenvalue weighted by Gasteiger charge is -2.48. The lowest BCUT2D eigenvalue weighted by molar-refractivity contribution is -0.0361. The molecule has 1 aliphatic carbocycles. The van der Waals surface area contributed by atoms with Gasteiger partial charge in [-0.25, -0.2) is 4.98 Å². The van der Waals surface area contributed by atoms with Gasteiger partial charge in [0.15, 0.2) is 0 Å². The summed E-state index contributed by atoms with van der Waals surface area (Å²) < 4.78 is 13.5. The third-order valence-corrected chi connectivity index (χ3v) is 6.94. The van der Waals surface area contributed by atoms with E-state index in [4.69, 9.17) is 9.47 Å². The summed E-state index contributed by atoms with van der Waals surface area (Å²) in [4.78, 5) is 20.1. The Bertz CT molecular complexity index is 1050. The van der Waals surface area contributed by atoms with Crippen LogP contribution >= 0.6 is 0 Å². The Labute approximate surface area is 194 Å². The molecule has 3 heterocycles. The predicted molar refractivity (Wildman–Crippen MR) is 127 cm³/mol. The largest absolute Gasteiger partial charge is 0.487 e. The first kappa shape index (κ1) is 21.9. The molecule has 1 aliphatic heterocycles. The van der Waals surface area contributed by atoms with E-state index in [9.17, 15) is 4.79 Å². The molecule has 3 aromatic rings. The van der Waals surface area contributed by atoms with E-state index in [-0.39, 0.29) is 11.4 Å². The molecule has 7 heteroatoms. The summed E-state index contributed by atoms with van der Waals surface area (Å²) in [7, 11) is 0. The van der Waals surface area contributed by atoms with Crippen LogP contribution in [0.3, 0.4) is 0 Å². The molecule has 1 N–H and O–H groups in total. The highest BCUT2D eigenvalue weighted by atomic mass is 16.5. The zero-order valence-electron chi connectivity index (χ0n) is 19.0. The second kappa shape index (κ2) is 9.93. The average Bonchev–Trinajstić information content (AvgIpc) is 3.30. The summed E-state index contributed by atoms with van der Waals surface area (Å²) in [5, 5.41) is 3.23. The number of benzene rings is 1. The van der Waals surface area contributed by atoms with Gasteiger partial charge in [-0.3, -0.25) is 9.69 Å². The van der Waals surface area contributed by atoms with Gasteiger partial charge in [-0.2, -0.15) is 0 Å². The molecule has 1 aromatic carbocycles. The van der Waals surface area contributed by atoms with Crippen molar-refractivity contribution >= 4 is 11.6 Å². The van der Waals surface area contributed by atoms with Crippen molar-refractivity contribution in [1.82, 2.24) is 19.6 Å². The smallest absolute Gasteiger partial charge is 0.251 e. The van der Waals surface area contributed by atoms with Crippen LogP contribution in [0.15, 0.2) is 54.9 Å². The topological polar surface area (TPSA) is 68.1 Å². The molecule has 5 rings (SSSR count). The molecule has 0 radical (unpaired) electrons. The first-order valence-corrected chi connectivity index (χ1v) is 12.0. The van der Waals surface area contributed by atoms with Crippen molar-refractivity contribution in [2.45, 2.75) is 44.2 Å². The number of amides is 1. The summed E-state index contributed by atoms with van der Waals surface area (Å²) in [6.45, 7) is 4.48. The fraction of sp³-hybridized carbons (Fsp3) is 0.462. The second-order valence-electron chi connectivity index (χ2n) is 9.08. The maximum atomic E-state index is 13.0. The van der Waals surface area contributed by atoms with E-state index in [1.165, 1.54) is 19.3 Å². The zero-order valence-corrected chi connectivity index (χ0v) is 19.0. The number of aromatic nitrogens is 2. The number of hydrogen-bond donors (Lipinski definition) is 1.